The number of carbonyl (C=O) groups is 1. The SMILES string of the molecule is CCOC(=O)c1ncc(-c2cc(-c3cnc(C)n3C)c(C#N)c(=S)[nH]2)cn1. The molecule has 3 aromatic heterocycles. The zero-order valence-corrected chi connectivity index (χ0v) is 15.8. The van der Waals surface area contributed by atoms with Crippen molar-refractivity contribution in [3.63, 3.8) is 0 Å². The first-order valence-corrected chi connectivity index (χ1v) is 8.52. The minimum Gasteiger partial charge on any atom is -0.460 e. The van der Waals surface area contributed by atoms with Crippen LogP contribution in [0.2, 0.25) is 0 Å². The highest BCUT2D eigenvalue weighted by atomic mass is 32.1. The van der Waals surface area contributed by atoms with E-state index >= 15 is 0 Å². The Morgan fingerprint density at radius 2 is 2.04 bits per heavy atom. The van der Waals surface area contributed by atoms with Crippen LogP contribution in [0.3, 0.4) is 0 Å². The Balaban J connectivity index is 2.10. The van der Waals surface area contributed by atoms with Crippen molar-refractivity contribution in [3.05, 3.63) is 46.5 Å². The van der Waals surface area contributed by atoms with Gasteiger partial charge in [0.2, 0.25) is 5.82 Å². The van der Waals surface area contributed by atoms with Gasteiger partial charge in [0.25, 0.3) is 0 Å². The van der Waals surface area contributed by atoms with Crippen LogP contribution < -0.4 is 0 Å². The minimum absolute atomic E-state index is 0.0182. The first-order chi connectivity index (χ1) is 13.0. The average Bonchev–Trinajstić information content (AvgIpc) is 3.00. The molecular formula is C18H16N6O2S. The molecule has 0 bridgehead atoms. The van der Waals surface area contributed by atoms with Crippen LogP contribution in [-0.4, -0.2) is 37.1 Å². The molecule has 0 aliphatic heterocycles. The van der Waals surface area contributed by atoms with E-state index in [-0.39, 0.29) is 12.4 Å². The molecule has 3 aromatic rings. The van der Waals surface area contributed by atoms with Gasteiger partial charge in [-0.25, -0.2) is 19.7 Å². The van der Waals surface area contributed by atoms with Crippen molar-refractivity contribution in [3.8, 4) is 28.6 Å². The monoisotopic (exact) mass is 380 g/mol. The van der Waals surface area contributed by atoms with Crippen LogP contribution in [0.15, 0.2) is 24.7 Å². The summed E-state index contributed by atoms with van der Waals surface area (Å²) < 4.78 is 7.07. The third-order valence-corrected chi connectivity index (χ3v) is 4.37. The lowest BCUT2D eigenvalue weighted by molar-refractivity contribution is 0.0512. The lowest BCUT2D eigenvalue weighted by atomic mass is 10.0. The second-order valence-electron chi connectivity index (χ2n) is 5.68. The summed E-state index contributed by atoms with van der Waals surface area (Å²) in [6.07, 6.45) is 4.71. The number of hydrogen-bond donors (Lipinski definition) is 1. The highest BCUT2D eigenvalue weighted by molar-refractivity contribution is 7.71. The van der Waals surface area contributed by atoms with Crippen LogP contribution >= 0.6 is 12.2 Å². The van der Waals surface area contributed by atoms with E-state index in [2.05, 4.69) is 26.0 Å². The summed E-state index contributed by atoms with van der Waals surface area (Å²) in [7, 11) is 1.87. The molecule has 0 amide bonds. The number of pyridine rings is 1. The van der Waals surface area contributed by atoms with E-state index in [1.54, 1.807) is 19.2 Å². The van der Waals surface area contributed by atoms with Gasteiger partial charge in [0.05, 0.1) is 29.8 Å². The number of H-pyrrole nitrogens is 1. The molecule has 0 fully saturated rings. The molecule has 0 saturated carbocycles. The maximum atomic E-state index is 11.7. The van der Waals surface area contributed by atoms with E-state index in [4.69, 9.17) is 17.0 Å². The maximum absolute atomic E-state index is 11.7. The highest BCUT2D eigenvalue weighted by Gasteiger charge is 2.16. The summed E-state index contributed by atoms with van der Waals surface area (Å²) in [4.78, 5) is 27.1. The van der Waals surface area contributed by atoms with Crippen molar-refractivity contribution in [2.45, 2.75) is 13.8 Å². The summed E-state index contributed by atoms with van der Waals surface area (Å²) in [5.41, 5.74) is 3.05. The molecule has 3 rings (SSSR count). The average molecular weight is 380 g/mol. The molecule has 0 saturated heterocycles. The van der Waals surface area contributed by atoms with Crippen molar-refractivity contribution in [2.24, 2.45) is 7.05 Å². The zero-order chi connectivity index (χ0) is 19.6. The number of esters is 1. The predicted molar refractivity (Wildman–Crippen MR) is 100 cm³/mol. The Morgan fingerprint density at radius 3 is 2.59 bits per heavy atom. The summed E-state index contributed by atoms with van der Waals surface area (Å²) in [5, 5.41) is 9.53. The van der Waals surface area contributed by atoms with E-state index in [9.17, 15) is 10.1 Å². The van der Waals surface area contributed by atoms with Gasteiger partial charge in [-0.15, -0.1) is 0 Å². The normalized spacial score (nSPS) is 10.4. The maximum Gasteiger partial charge on any atom is 0.376 e. The number of nitrogens with zero attached hydrogens (tertiary/aromatic N) is 5. The fourth-order valence-electron chi connectivity index (χ4n) is 2.55. The molecule has 0 aliphatic rings. The fourth-order valence-corrected chi connectivity index (χ4v) is 2.81. The van der Waals surface area contributed by atoms with Gasteiger partial charge in [0, 0.05) is 30.6 Å². The Morgan fingerprint density at radius 1 is 1.33 bits per heavy atom. The second-order valence-corrected chi connectivity index (χ2v) is 6.09. The fraction of sp³-hybridized carbons (Fsp3) is 0.222. The standard InChI is InChI=1S/C18H16N6O2S/c1-4-26-18(25)16-21-7-11(8-22-16)14-5-12(13(6-19)17(27)23-14)15-9-20-10(2)24(15)3/h5,7-9H,4H2,1-3H3,(H,23,27). The van der Waals surface area contributed by atoms with Crippen LogP contribution in [0.5, 0.6) is 0 Å². The van der Waals surface area contributed by atoms with E-state index in [1.807, 2.05) is 18.5 Å². The quantitative estimate of drug-likeness (QED) is 0.547. The number of nitrogens with one attached hydrogen (secondary N) is 1. The Hall–Kier alpha value is -3.38. The van der Waals surface area contributed by atoms with Gasteiger partial charge >= 0.3 is 5.97 Å². The van der Waals surface area contributed by atoms with E-state index < -0.39 is 5.97 Å². The molecule has 3 heterocycles. The topological polar surface area (TPSA) is 109 Å². The molecule has 0 atom stereocenters. The Kier molecular flexibility index (Phi) is 5.09. The van der Waals surface area contributed by atoms with E-state index in [0.717, 1.165) is 11.5 Å². The predicted octanol–water partition coefficient (Wildman–Crippen LogP) is 2.96. The number of hydrogen-bond acceptors (Lipinski definition) is 7. The van der Waals surface area contributed by atoms with Crippen LogP contribution in [0.1, 0.15) is 28.9 Å². The van der Waals surface area contributed by atoms with Gasteiger partial charge in [0.1, 0.15) is 16.5 Å². The highest BCUT2D eigenvalue weighted by Crippen LogP contribution is 2.28. The number of rotatable bonds is 4. The summed E-state index contributed by atoms with van der Waals surface area (Å²) in [5.74, 6) is 0.217. The van der Waals surface area contributed by atoms with Crippen LogP contribution in [0.25, 0.3) is 22.5 Å². The smallest absolute Gasteiger partial charge is 0.376 e. The van der Waals surface area contributed by atoms with Crippen LogP contribution in [-0.2, 0) is 11.8 Å². The zero-order valence-electron chi connectivity index (χ0n) is 15.0. The largest absolute Gasteiger partial charge is 0.460 e. The molecule has 0 radical (unpaired) electrons. The van der Waals surface area contributed by atoms with E-state index in [1.165, 1.54) is 12.4 Å². The molecule has 27 heavy (non-hydrogen) atoms. The molecule has 0 spiro atoms. The van der Waals surface area contributed by atoms with Crippen molar-refractivity contribution >= 4 is 18.2 Å². The van der Waals surface area contributed by atoms with Crippen molar-refractivity contribution < 1.29 is 9.53 Å². The van der Waals surface area contributed by atoms with Gasteiger partial charge in [-0.1, -0.05) is 12.2 Å². The summed E-state index contributed by atoms with van der Waals surface area (Å²) in [6, 6.07) is 3.95. The lowest BCUT2D eigenvalue weighted by Crippen LogP contribution is -2.09. The second kappa shape index (κ2) is 7.47. The Bertz CT molecular complexity index is 1110. The molecule has 0 aliphatic carbocycles. The molecular weight excluding hydrogens is 364 g/mol. The molecule has 1 N–H and O–H groups in total. The number of ether oxygens (including phenoxy) is 1. The van der Waals surface area contributed by atoms with E-state index in [0.29, 0.717) is 27.0 Å². The number of aromatic nitrogens is 5. The van der Waals surface area contributed by atoms with Gasteiger partial charge in [0.15, 0.2) is 0 Å². The van der Waals surface area contributed by atoms with Gasteiger partial charge < -0.3 is 14.3 Å². The molecule has 0 aromatic carbocycles. The molecule has 0 unspecified atom stereocenters. The minimum atomic E-state index is -0.581. The molecule has 136 valence electrons. The summed E-state index contributed by atoms with van der Waals surface area (Å²) in [6.45, 7) is 3.84. The lowest BCUT2D eigenvalue weighted by Gasteiger charge is -2.10. The van der Waals surface area contributed by atoms with Gasteiger partial charge in [-0.05, 0) is 19.9 Å². The number of imidazole rings is 1. The molecule has 8 nitrogen and oxygen atoms in total. The number of carbonyl (C=O) groups excluding carboxylic acids is 1. The number of aromatic amines is 1. The first-order valence-electron chi connectivity index (χ1n) is 8.11. The summed E-state index contributed by atoms with van der Waals surface area (Å²) >= 11 is 5.36. The first kappa shape index (κ1) is 18.4. The van der Waals surface area contributed by atoms with Crippen molar-refractivity contribution in [1.82, 2.24) is 24.5 Å². The van der Waals surface area contributed by atoms with Gasteiger partial charge in [-0.2, -0.15) is 5.26 Å². The molecule has 9 heteroatoms. The van der Waals surface area contributed by atoms with Crippen LogP contribution in [0, 0.1) is 22.9 Å². The third-order valence-electron chi connectivity index (χ3n) is 4.06. The van der Waals surface area contributed by atoms with Crippen LogP contribution in [0.4, 0.5) is 0 Å². The third kappa shape index (κ3) is 3.47. The number of nitriles is 1. The van der Waals surface area contributed by atoms with Crippen molar-refractivity contribution in [1.29, 1.82) is 5.26 Å². The van der Waals surface area contributed by atoms with Crippen molar-refractivity contribution in [2.75, 3.05) is 6.61 Å². The van der Waals surface area contributed by atoms with Gasteiger partial charge in [-0.3, -0.25) is 0 Å². The number of aryl methyl sites for hydroxylation is 1. The Labute approximate surface area is 160 Å².